The molecule has 1 N–H and O–H groups in total. The summed E-state index contributed by atoms with van der Waals surface area (Å²) in [6, 6.07) is 11.7. The van der Waals surface area contributed by atoms with Crippen LogP contribution >= 0.6 is 11.8 Å². The van der Waals surface area contributed by atoms with Crippen molar-refractivity contribution in [1.82, 2.24) is 0 Å². The predicted octanol–water partition coefficient (Wildman–Crippen LogP) is 3.72. The van der Waals surface area contributed by atoms with E-state index in [1.165, 1.54) is 37.9 Å². The van der Waals surface area contributed by atoms with Crippen LogP contribution in [0.1, 0.15) is 22.8 Å². The number of methoxy groups -OCH3 is 1. The number of carbonyl (C=O) groups is 3. The van der Waals surface area contributed by atoms with Crippen LogP contribution in [-0.4, -0.2) is 44.2 Å². The molecule has 0 aliphatic rings. The highest BCUT2D eigenvalue weighted by Crippen LogP contribution is 2.29. The van der Waals surface area contributed by atoms with Crippen molar-refractivity contribution in [3.05, 3.63) is 53.6 Å². The number of thioether (sulfide) groups is 1. The Morgan fingerprint density at radius 1 is 1.16 bits per heavy atom. The molecular formula is C23H22N2O6S. The molecule has 2 aromatic carbocycles. The van der Waals surface area contributed by atoms with Crippen molar-refractivity contribution in [1.29, 1.82) is 5.26 Å². The van der Waals surface area contributed by atoms with Gasteiger partial charge in [-0.2, -0.15) is 5.26 Å². The lowest BCUT2D eigenvalue weighted by Gasteiger charge is -2.10. The number of amides is 1. The van der Waals surface area contributed by atoms with Crippen molar-refractivity contribution < 1.29 is 28.6 Å². The summed E-state index contributed by atoms with van der Waals surface area (Å²) in [6.07, 6.45) is 4.56. The number of rotatable bonds is 10. The smallest absolute Gasteiger partial charge is 0.331 e. The molecule has 8 nitrogen and oxygen atoms in total. The minimum atomic E-state index is -0.690. The van der Waals surface area contributed by atoms with Crippen LogP contribution in [0.5, 0.6) is 11.5 Å². The first-order chi connectivity index (χ1) is 15.4. The van der Waals surface area contributed by atoms with Crippen LogP contribution in [0, 0.1) is 11.3 Å². The molecule has 2 rings (SSSR count). The van der Waals surface area contributed by atoms with Gasteiger partial charge in [-0.3, -0.25) is 9.59 Å². The maximum Gasteiger partial charge on any atom is 0.331 e. The van der Waals surface area contributed by atoms with Crippen molar-refractivity contribution in [3.8, 4) is 17.6 Å². The zero-order chi connectivity index (χ0) is 23.5. The van der Waals surface area contributed by atoms with Gasteiger partial charge in [0.05, 0.1) is 12.8 Å². The van der Waals surface area contributed by atoms with Gasteiger partial charge in [0.25, 0.3) is 0 Å². The predicted molar refractivity (Wildman–Crippen MR) is 121 cm³/mol. The SMILES string of the molecule is COc1cc(/C=C/C(=O)OCC(=O)c2ccc(SC)c(NC(C)=O)c2)ccc1OCC#N. The number of esters is 1. The highest BCUT2D eigenvalue weighted by molar-refractivity contribution is 7.98. The molecule has 1 amide bonds. The molecule has 0 radical (unpaired) electrons. The summed E-state index contributed by atoms with van der Waals surface area (Å²) >= 11 is 1.44. The third-order valence-electron chi connectivity index (χ3n) is 4.07. The topological polar surface area (TPSA) is 115 Å². The van der Waals surface area contributed by atoms with Crippen LogP contribution in [0.25, 0.3) is 6.08 Å². The summed E-state index contributed by atoms with van der Waals surface area (Å²) in [5, 5.41) is 11.3. The quantitative estimate of drug-likeness (QED) is 0.250. The van der Waals surface area contributed by atoms with Crippen LogP contribution in [0.15, 0.2) is 47.4 Å². The van der Waals surface area contributed by atoms with Gasteiger partial charge in [-0.05, 0) is 42.2 Å². The van der Waals surface area contributed by atoms with E-state index < -0.39 is 18.4 Å². The van der Waals surface area contributed by atoms with E-state index in [0.29, 0.717) is 28.3 Å². The molecule has 0 saturated carbocycles. The highest BCUT2D eigenvalue weighted by Gasteiger charge is 2.12. The fraction of sp³-hybridized carbons (Fsp3) is 0.217. The van der Waals surface area contributed by atoms with Gasteiger partial charge in [0.15, 0.2) is 30.5 Å². The number of anilines is 1. The van der Waals surface area contributed by atoms with E-state index in [2.05, 4.69) is 5.32 Å². The molecule has 9 heteroatoms. The third kappa shape index (κ3) is 7.18. The number of ketones is 1. The van der Waals surface area contributed by atoms with Crippen LogP contribution < -0.4 is 14.8 Å². The van der Waals surface area contributed by atoms with Gasteiger partial charge >= 0.3 is 5.97 Å². The van der Waals surface area contributed by atoms with E-state index in [4.69, 9.17) is 19.5 Å². The molecule has 0 atom stereocenters. The van der Waals surface area contributed by atoms with Gasteiger partial charge in [0, 0.05) is 23.5 Å². The number of carbonyl (C=O) groups excluding carboxylic acids is 3. The maximum absolute atomic E-state index is 12.4. The van der Waals surface area contributed by atoms with Crippen LogP contribution in [0.4, 0.5) is 5.69 Å². The molecular weight excluding hydrogens is 432 g/mol. The summed E-state index contributed by atoms with van der Waals surface area (Å²) in [6.45, 7) is 0.832. The number of Topliss-reactive ketones (excluding diaryl/α,β-unsaturated/α-hetero) is 1. The molecule has 0 heterocycles. The Balaban J connectivity index is 1.99. The normalized spacial score (nSPS) is 10.3. The first kappa shape index (κ1) is 24.5. The lowest BCUT2D eigenvalue weighted by atomic mass is 10.1. The van der Waals surface area contributed by atoms with Gasteiger partial charge in [-0.25, -0.2) is 4.79 Å². The number of ether oxygens (including phenoxy) is 3. The number of hydrogen-bond donors (Lipinski definition) is 1. The van der Waals surface area contributed by atoms with E-state index in [9.17, 15) is 14.4 Å². The first-order valence-corrected chi connectivity index (χ1v) is 10.6. The van der Waals surface area contributed by atoms with E-state index in [1.54, 1.807) is 36.4 Å². The summed E-state index contributed by atoms with van der Waals surface area (Å²) < 4.78 is 15.5. The fourth-order valence-electron chi connectivity index (χ4n) is 2.62. The van der Waals surface area contributed by atoms with Gasteiger partial charge in [0.1, 0.15) is 6.07 Å². The third-order valence-corrected chi connectivity index (χ3v) is 4.87. The van der Waals surface area contributed by atoms with Gasteiger partial charge in [0.2, 0.25) is 5.91 Å². The van der Waals surface area contributed by atoms with E-state index >= 15 is 0 Å². The molecule has 0 unspecified atom stereocenters. The Labute approximate surface area is 190 Å². The van der Waals surface area contributed by atoms with Crippen molar-refractivity contribution in [2.24, 2.45) is 0 Å². The molecule has 0 bridgehead atoms. The van der Waals surface area contributed by atoms with Crippen molar-refractivity contribution in [2.75, 3.05) is 31.9 Å². The second-order valence-corrected chi connectivity index (χ2v) is 7.17. The monoisotopic (exact) mass is 454 g/mol. The Bertz CT molecular complexity index is 1070. The number of nitrogens with zero attached hydrogens (tertiary/aromatic N) is 1. The fourth-order valence-corrected chi connectivity index (χ4v) is 3.15. The van der Waals surface area contributed by atoms with Crippen LogP contribution in [-0.2, 0) is 14.3 Å². The maximum atomic E-state index is 12.4. The zero-order valence-electron chi connectivity index (χ0n) is 17.8. The average molecular weight is 455 g/mol. The van der Waals surface area contributed by atoms with E-state index in [-0.39, 0.29) is 12.5 Å². The van der Waals surface area contributed by atoms with Crippen molar-refractivity contribution >= 4 is 41.2 Å². The average Bonchev–Trinajstić information content (AvgIpc) is 2.79. The zero-order valence-corrected chi connectivity index (χ0v) is 18.7. The summed E-state index contributed by atoms with van der Waals surface area (Å²) in [4.78, 5) is 36.6. The second-order valence-electron chi connectivity index (χ2n) is 6.32. The molecule has 0 spiro atoms. The molecule has 166 valence electrons. The molecule has 0 aliphatic heterocycles. The molecule has 0 aromatic heterocycles. The standard InChI is InChI=1S/C23H22N2O6S/c1-15(26)25-18-13-17(6-8-22(18)32-3)19(27)14-31-23(28)9-5-16-4-7-20(30-11-10-24)21(12-16)29-2/h4-9,12-13H,11,14H2,1-3H3,(H,25,26)/b9-5+. The molecule has 0 fully saturated rings. The Hall–Kier alpha value is -3.77. The van der Waals surface area contributed by atoms with E-state index in [0.717, 1.165) is 4.90 Å². The number of benzene rings is 2. The minimum Gasteiger partial charge on any atom is -0.493 e. The number of nitriles is 1. The lowest BCUT2D eigenvalue weighted by molar-refractivity contribution is -0.136. The van der Waals surface area contributed by atoms with Gasteiger partial charge < -0.3 is 19.5 Å². The van der Waals surface area contributed by atoms with Crippen molar-refractivity contribution in [2.45, 2.75) is 11.8 Å². The highest BCUT2D eigenvalue weighted by atomic mass is 32.2. The largest absolute Gasteiger partial charge is 0.493 e. The first-order valence-electron chi connectivity index (χ1n) is 9.39. The van der Waals surface area contributed by atoms with Gasteiger partial charge in [-0.1, -0.05) is 12.1 Å². The Morgan fingerprint density at radius 3 is 2.59 bits per heavy atom. The van der Waals surface area contributed by atoms with Gasteiger partial charge in [-0.15, -0.1) is 11.8 Å². The lowest BCUT2D eigenvalue weighted by Crippen LogP contribution is -2.14. The summed E-state index contributed by atoms with van der Waals surface area (Å²) in [5.41, 5.74) is 1.49. The molecule has 0 aliphatic carbocycles. The minimum absolute atomic E-state index is 0.113. The van der Waals surface area contributed by atoms with Crippen LogP contribution in [0.3, 0.4) is 0 Å². The summed E-state index contributed by atoms with van der Waals surface area (Å²) in [7, 11) is 1.46. The molecule has 32 heavy (non-hydrogen) atoms. The van der Waals surface area contributed by atoms with E-state index in [1.807, 2.05) is 12.3 Å². The molecule has 2 aromatic rings. The number of hydrogen-bond acceptors (Lipinski definition) is 8. The van der Waals surface area contributed by atoms with Crippen LogP contribution in [0.2, 0.25) is 0 Å². The Kier molecular flexibility index (Phi) is 9.32. The van der Waals surface area contributed by atoms with Crippen molar-refractivity contribution in [3.63, 3.8) is 0 Å². The molecule has 0 saturated heterocycles. The summed E-state index contributed by atoms with van der Waals surface area (Å²) in [5.74, 6) is -0.514. The Morgan fingerprint density at radius 2 is 1.94 bits per heavy atom. The second kappa shape index (κ2) is 12.2. The number of nitrogens with one attached hydrogen (secondary N) is 1.